The second kappa shape index (κ2) is 7.61. The molecule has 0 bridgehead atoms. The summed E-state index contributed by atoms with van der Waals surface area (Å²) in [5, 5.41) is 0.412. The molecule has 0 radical (unpaired) electrons. The molecule has 0 amide bonds. The van der Waals surface area contributed by atoms with Gasteiger partial charge in [-0.3, -0.25) is 0 Å². The quantitative estimate of drug-likeness (QED) is 0.580. The SMILES string of the molecule is [C-]#[N+]C1CCC(SC(=S)N(CC)CC)CC1[N+]#[C-]. The Bertz CT molecular complexity index is 365. The first kappa shape index (κ1) is 15.3. The number of nitrogens with zero attached hydrogens (tertiary/aromatic N) is 3. The van der Waals surface area contributed by atoms with Crippen LogP contribution in [-0.4, -0.2) is 39.6 Å². The van der Waals surface area contributed by atoms with Gasteiger partial charge in [-0.05, 0) is 20.3 Å². The van der Waals surface area contributed by atoms with Crippen molar-refractivity contribution in [3.05, 3.63) is 22.8 Å². The van der Waals surface area contributed by atoms with Crippen molar-refractivity contribution in [2.24, 2.45) is 0 Å². The zero-order valence-electron chi connectivity index (χ0n) is 10.9. The molecule has 0 heterocycles. The molecule has 0 N–H and O–H groups in total. The maximum absolute atomic E-state index is 7.19. The van der Waals surface area contributed by atoms with E-state index in [0.29, 0.717) is 5.25 Å². The van der Waals surface area contributed by atoms with Gasteiger partial charge >= 0.3 is 0 Å². The molecule has 3 atom stereocenters. The highest BCUT2D eigenvalue weighted by molar-refractivity contribution is 8.23. The molecule has 1 rings (SSSR count). The van der Waals surface area contributed by atoms with Gasteiger partial charge in [-0.25, -0.2) is 13.1 Å². The number of hydrogen-bond donors (Lipinski definition) is 0. The molecule has 3 nitrogen and oxygen atoms in total. The topological polar surface area (TPSA) is 12.0 Å². The first-order chi connectivity index (χ1) is 8.65. The Morgan fingerprint density at radius 1 is 1.22 bits per heavy atom. The minimum absolute atomic E-state index is 0.0959. The second-order valence-electron chi connectivity index (χ2n) is 4.38. The molecule has 0 aromatic heterocycles. The van der Waals surface area contributed by atoms with Crippen LogP contribution in [-0.2, 0) is 0 Å². The number of rotatable bonds is 3. The van der Waals surface area contributed by atoms with E-state index in [4.69, 9.17) is 25.4 Å². The van der Waals surface area contributed by atoms with Crippen LogP contribution in [0.1, 0.15) is 33.1 Å². The van der Waals surface area contributed by atoms with E-state index in [1.807, 2.05) is 0 Å². The van der Waals surface area contributed by atoms with E-state index in [9.17, 15) is 0 Å². The largest absolute Gasteiger partial charge is 0.358 e. The van der Waals surface area contributed by atoms with Gasteiger partial charge in [0, 0.05) is 31.2 Å². The third kappa shape index (κ3) is 3.86. The van der Waals surface area contributed by atoms with Crippen molar-refractivity contribution in [3.8, 4) is 0 Å². The zero-order valence-corrected chi connectivity index (χ0v) is 12.6. The maximum atomic E-state index is 7.19. The van der Waals surface area contributed by atoms with Crippen LogP contribution in [0.15, 0.2) is 0 Å². The van der Waals surface area contributed by atoms with Crippen molar-refractivity contribution in [2.45, 2.75) is 50.4 Å². The van der Waals surface area contributed by atoms with Gasteiger partial charge in [-0.2, -0.15) is 0 Å². The van der Waals surface area contributed by atoms with Crippen LogP contribution in [0.25, 0.3) is 9.69 Å². The lowest BCUT2D eigenvalue weighted by molar-refractivity contribution is 0.464. The molecular weight excluding hydrogens is 262 g/mol. The van der Waals surface area contributed by atoms with E-state index in [1.54, 1.807) is 11.8 Å². The molecule has 18 heavy (non-hydrogen) atoms. The van der Waals surface area contributed by atoms with Crippen molar-refractivity contribution in [2.75, 3.05) is 13.1 Å². The normalized spacial score (nSPS) is 27.0. The molecule has 0 aliphatic heterocycles. The standard InChI is InChI=1S/C13H19N3S2/c1-5-16(6-2)13(17)18-10-7-8-11(14-3)12(9-10)15-4/h10-12H,5-9H2,1-2H3. The summed E-state index contributed by atoms with van der Waals surface area (Å²) in [5.41, 5.74) is 0. The van der Waals surface area contributed by atoms with Crippen molar-refractivity contribution < 1.29 is 0 Å². The summed E-state index contributed by atoms with van der Waals surface area (Å²) in [4.78, 5) is 9.35. The van der Waals surface area contributed by atoms with Crippen LogP contribution in [0.3, 0.4) is 0 Å². The van der Waals surface area contributed by atoms with Gasteiger partial charge in [0.2, 0.25) is 0 Å². The lowest BCUT2D eigenvalue weighted by Gasteiger charge is -2.27. The smallest absolute Gasteiger partial charge is 0.297 e. The fourth-order valence-corrected chi connectivity index (χ4v) is 4.09. The first-order valence-electron chi connectivity index (χ1n) is 6.34. The molecule has 0 spiro atoms. The van der Waals surface area contributed by atoms with E-state index in [-0.39, 0.29) is 12.1 Å². The van der Waals surface area contributed by atoms with Gasteiger partial charge in [0.15, 0.2) is 0 Å². The molecule has 1 aliphatic rings. The third-order valence-electron chi connectivity index (χ3n) is 3.35. The van der Waals surface area contributed by atoms with Gasteiger partial charge in [-0.15, -0.1) is 0 Å². The van der Waals surface area contributed by atoms with Gasteiger partial charge in [-0.1, -0.05) is 24.0 Å². The van der Waals surface area contributed by atoms with Gasteiger partial charge in [0.05, 0.1) is 0 Å². The summed E-state index contributed by atoms with van der Waals surface area (Å²) < 4.78 is 0.940. The van der Waals surface area contributed by atoms with Gasteiger partial charge < -0.3 is 14.6 Å². The Morgan fingerprint density at radius 3 is 2.33 bits per heavy atom. The Labute approximate surface area is 120 Å². The Balaban J connectivity index is 2.53. The molecular formula is C13H19N3S2. The van der Waals surface area contributed by atoms with Crippen molar-refractivity contribution in [1.82, 2.24) is 4.90 Å². The Hall–Kier alpha value is -0.780. The minimum Gasteiger partial charge on any atom is -0.358 e. The van der Waals surface area contributed by atoms with Crippen LogP contribution in [0, 0.1) is 13.1 Å². The summed E-state index contributed by atoms with van der Waals surface area (Å²) in [7, 11) is 0. The summed E-state index contributed by atoms with van der Waals surface area (Å²) in [6, 6.07) is -0.227. The zero-order chi connectivity index (χ0) is 13.5. The van der Waals surface area contributed by atoms with Crippen molar-refractivity contribution in [1.29, 1.82) is 0 Å². The van der Waals surface area contributed by atoms with Crippen molar-refractivity contribution >= 4 is 28.3 Å². The molecule has 1 aliphatic carbocycles. The van der Waals surface area contributed by atoms with E-state index in [2.05, 4.69) is 28.4 Å². The highest BCUT2D eigenvalue weighted by Gasteiger charge is 2.40. The predicted octanol–water partition coefficient (Wildman–Crippen LogP) is 3.47. The van der Waals surface area contributed by atoms with Gasteiger partial charge in [0.25, 0.3) is 12.1 Å². The molecule has 0 aromatic rings. The molecule has 1 saturated carbocycles. The van der Waals surface area contributed by atoms with E-state index < -0.39 is 0 Å². The van der Waals surface area contributed by atoms with E-state index >= 15 is 0 Å². The van der Waals surface area contributed by atoms with E-state index in [0.717, 1.165) is 36.7 Å². The maximum Gasteiger partial charge on any atom is 0.297 e. The summed E-state index contributed by atoms with van der Waals surface area (Å²) in [6.45, 7) is 20.4. The minimum atomic E-state index is -0.131. The fourth-order valence-electron chi connectivity index (χ4n) is 2.19. The lowest BCUT2D eigenvalue weighted by Crippen LogP contribution is -2.33. The summed E-state index contributed by atoms with van der Waals surface area (Å²) in [5.74, 6) is 0. The third-order valence-corrected chi connectivity index (χ3v) is 5.12. The van der Waals surface area contributed by atoms with Crippen LogP contribution in [0.2, 0.25) is 0 Å². The second-order valence-corrected chi connectivity index (χ2v) is 6.32. The predicted molar refractivity (Wildman–Crippen MR) is 81.5 cm³/mol. The molecule has 98 valence electrons. The Kier molecular flexibility index (Phi) is 6.46. The molecule has 1 fully saturated rings. The summed E-state index contributed by atoms with van der Waals surface area (Å²) in [6.07, 6.45) is 2.66. The van der Waals surface area contributed by atoms with Crippen LogP contribution >= 0.6 is 24.0 Å². The highest BCUT2D eigenvalue weighted by atomic mass is 32.2. The first-order valence-corrected chi connectivity index (χ1v) is 7.63. The van der Waals surface area contributed by atoms with Gasteiger partial charge in [0.1, 0.15) is 4.32 Å². The average molecular weight is 281 g/mol. The molecule has 0 aromatic carbocycles. The number of thioether (sulfide) groups is 1. The van der Waals surface area contributed by atoms with Crippen molar-refractivity contribution in [3.63, 3.8) is 0 Å². The van der Waals surface area contributed by atoms with Crippen LogP contribution in [0.5, 0.6) is 0 Å². The molecule has 3 unspecified atom stereocenters. The van der Waals surface area contributed by atoms with E-state index in [1.165, 1.54) is 0 Å². The summed E-state index contributed by atoms with van der Waals surface area (Å²) >= 11 is 7.16. The monoisotopic (exact) mass is 281 g/mol. The van der Waals surface area contributed by atoms with Crippen LogP contribution < -0.4 is 0 Å². The highest BCUT2D eigenvalue weighted by Crippen LogP contribution is 2.33. The average Bonchev–Trinajstić information content (AvgIpc) is 2.40. The molecule has 0 saturated heterocycles. The Morgan fingerprint density at radius 2 is 1.83 bits per heavy atom. The lowest BCUT2D eigenvalue weighted by atomic mass is 9.91. The van der Waals surface area contributed by atoms with Crippen LogP contribution in [0.4, 0.5) is 0 Å². The molecule has 5 heteroatoms. The number of hydrogen-bond acceptors (Lipinski definition) is 2. The number of thiocarbonyl (C=S) groups is 1. The fraction of sp³-hybridized carbons (Fsp3) is 0.769.